The number of benzene rings is 2. The zero-order valence-corrected chi connectivity index (χ0v) is 12.4. The zero-order chi connectivity index (χ0) is 10.5. The Kier molecular flexibility index (Phi) is 8.54. The summed E-state index contributed by atoms with van der Waals surface area (Å²) in [6.07, 6.45) is 1.21. The van der Waals surface area contributed by atoms with Crippen molar-refractivity contribution in [3.63, 3.8) is 0 Å². The van der Waals surface area contributed by atoms with Crippen LogP contribution in [0, 0.1) is 0 Å². The van der Waals surface area contributed by atoms with E-state index in [9.17, 15) is 0 Å². The van der Waals surface area contributed by atoms with Crippen molar-refractivity contribution in [1.82, 2.24) is 0 Å². The van der Waals surface area contributed by atoms with Crippen LogP contribution in [0.25, 0.3) is 0 Å². The van der Waals surface area contributed by atoms with Crippen LogP contribution < -0.4 is 10.6 Å². The maximum Gasteiger partial charge on any atom is 0 e. The molecule has 0 amide bonds. The summed E-state index contributed by atoms with van der Waals surface area (Å²) >= 11 is 0. The average Bonchev–Trinajstić information content (AvgIpc) is 2.33. The van der Waals surface area contributed by atoms with Gasteiger partial charge in [0, 0.05) is 16.8 Å². The Bertz CT molecular complexity index is 366. The molecule has 0 spiro atoms. The van der Waals surface area contributed by atoms with E-state index >= 15 is 0 Å². The second kappa shape index (κ2) is 8.71. The predicted molar refractivity (Wildman–Crippen MR) is 76.9 cm³/mol. The molecule has 0 heterocycles. The molecule has 0 saturated heterocycles. The summed E-state index contributed by atoms with van der Waals surface area (Å²) in [5.41, 5.74) is 0. The zero-order valence-electron chi connectivity index (χ0n) is 9.67. The van der Waals surface area contributed by atoms with Gasteiger partial charge >= 0.3 is 0 Å². The first kappa shape index (κ1) is 16.7. The molecule has 2 rings (SSSR count). The van der Waals surface area contributed by atoms with Gasteiger partial charge in [0.15, 0.2) is 0 Å². The molecule has 0 nitrogen and oxygen atoms in total. The molecule has 0 fully saturated rings. The molecule has 0 bridgehead atoms. The number of hydrogen-bond donors (Lipinski definition) is 0. The SMILES string of the molecule is CCP(c1ccccc1)c1ccccc1.Cl.[Co]. The van der Waals surface area contributed by atoms with Crippen LogP contribution in [0.15, 0.2) is 60.7 Å². The third kappa shape index (κ3) is 4.44. The van der Waals surface area contributed by atoms with Crippen molar-refractivity contribution >= 4 is 30.9 Å². The summed E-state index contributed by atoms with van der Waals surface area (Å²) in [5, 5.41) is 2.95. The maximum absolute atomic E-state index is 2.27. The molecule has 2 aromatic carbocycles. The van der Waals surface area contributed by atoms with E-state index in [1.54, 1.807) is 0 Å². The van der Waals surface area contributed by atoms with Crippen molar-refractivity contribution in [2.75, 3.05) is 6.16 Å². The van der Waals surface area contributed by atoms with E-state index < -0.39 is 0 Å². The first-order valence-corrected chi connectivity index (χ1v) is 6.82. The van der Waals surface area contributed by atoms with Gasteiger partial charge in [-0.05, 0) is 24.7 Å². The quantitative estimate of drug-likeness (QED) is 0.761. The minimum atomic E-state index is -0.149. The molecule has 0 unspecified atom stereocenters. The molecule has 93 valence electrons. The van der Waals surface area contributed by atoms with Crippen molar-refractivity contribution in [2.24, 2.45) is 0 Å². The average molecular weight is 310 g/mol. The van der Waals surface area contributed by atoms with Crippen LogP contribution in [0.5, 0.6) is 0 Å². The van der Waals surface area contributed by atoms with Gasteiger partial charge in [-0.3, -0.25) is 0 Å². The van der Waals surface area contributed by atoms with E-state index in [4.69, 9.17) is 0 Å². The maximum atomic E-state index is 2.27. The van der Waals surface area contributed by atoms with Gasteiger partial charge in [-0.25, -0.2) is 0 Å². The molecule has 0 atom stereocenters. The van der Waals surface area contributed by atoms with Crippen molar-refractivity contribution in [3.8, 4) is 0 Å². The van der Waals surface area contributed by atoms with E-state index in [-0.39, 0.29) is 37.1 Å². The fourth-order valence-electron chi connectivity index (χ4n) is 1.73. The minimum Gasteiger partial charge on any atom is -0.147 e. The molecule has 17 heavy (non-hydrogen) atoms. The molecule has 2 aromatic rings. The van der Waals surface area contributed by atoms with Gasteiger partial charge in [-0.1, -0.05) is 67.6 Å². The molecule has 0 aliphatic rings. The van der Waals surface area contributed by atoms with Crippen molar-refractivity contribution in [2.45, 2.75) is 6.92 Å². The van der Waals surface area contributed by atoms with Gasteiger partial charge in [0.2, 0.25) is 0 Å². The number of rotatable bonds is 3. The first-order chi connectivity index (χ1) is 7.42. The molecule has 0 saturated carbocycles. The second-order valence-electron chi connectivity index (χ2n) is 3.42. The van der Waals surface area contributed by atoms with Crippen LogP contribution in [-0.2, 0) is 16.8 Å². The summed E-state index contributed by atoms with van der Waals surface area (Å²) in [6.45, 7) is 2.27. The molecule has 1 radical (unpaired) electrons. The fraction of sp³-hybridized carbons (Fsp3) is 0.143. The monoisotopic (exact) mass is 309 g/mol. The van der Waals surface area contributed by atoms with Crippen molar-refractivity contribution in [3.05, 3.63) is 60.7 Å². The molecular weight excluding hydrogens is 294 g/mol. The van der Waals surface area contributed by atoms with Gasteiger partial charge in [-0.2, -0.15) is 0 Å². The largest absolute Gasteiger partial charge is 0.147 e. The molecule has 0 aliphatic carbocycles. The van der Waals surface area contributed by atoms with Crippen molar-refractivity contribution in [1.29, 1.82) is 0 Å². The molecular formula is C14H16ClCoP. The summed E-state index contributed by atoms with van der Waals surface area (Å²) in [5.74, 6) is 0. The Morgan fingerprint density at radius 3 is 1.41 bits per heavy atom. The Balaban J connectivity index is 0.00000128. The Hall–Kier alpha value is -0.334. The van der Waals surface area contributed by atoms with Gasteiger partial charge in [0.05, 0.1) is 0 Å². The van der Waals surface area contributed by atoms with Gasteiger partial charge in [0.25, 0.3) is 0 Å². The predicted octanol–water partition coefficient (Wildman–Crippen LogP) is 3.56. The standard InChI is InChI=1S/C14H15P.ClH.Co/c1-2-15(13-9-5-3-6-10-13)14-11-7-4-8-12-14;;/h3-12H,2H2,1H3;1H;. The van der Waals surface area contributed by atoms with E-state index in [2.05, 4.69) is 67.6 Å². The van der Waals surface area contributed by atoms with Gasteiger partial charge < -0.3 is 0 Å². The van der Waals surface area contributed by atoms with E-state index in [1.165, 1.54) is 16.8 Å². The van der Waals surface area contributed by atoms with Crippen LogP contribution in [0.3, 0.4) is 0 Å². The fourth-order valence-corrected chi connectivity index (χ4v) is 3.82. The summed E-state index contributed by atoms with van der Waals surface area (Å²) in [4.78, 5) is 0. The summed E-state index contributed by atoms with van der Waals surface area (Å²) in [6, 6.07) is 21.6. The molecule has 0 N–H and O–H groups in total. The normalized spacial score (nSPS) is 9.29. The van der Waals surface area contributed by atoms with Gasteiger partial charge in [0.1, 0.15) is 0 Å². The Morgan fingerprint density at radius 1 is 0.765 bits per heavy atom. The first-order valence-electron chi connectivity index (χ1n) is 5.29. The number of halogens is 1. The third-order valence-electron chi connectivity index (χ3n) is 2.45. The van der Waals surface area contributed by atoms with E-state index in [0.29, 0.717) is 0 Å². The minimum absolute atomic E-state index is 0. The van der Waals surface area contributed by atoms with Crippen LogP contribution in [0.2, 0.25) is 0 Å². The van der Waals surface area contributed by atoms with E-state index in [1.807, 2.05) is 0 Å². The summed E-state index contributed by atoms with van der Waals surface area (Å²) in [7, 11) is -0.149. The molecule has 0 aliphatic heterocycles. The van der Waals surface area contributed by atoms with Crippen LogP contribution in [0.1, 0.15) is 6.92 Å². The number of hydrogen-bond acceptors (Lipinski definition) is 0. The third-order valence-corrected chi connectivity index (χ3v) is 4.93. The second-order valence-corrected chi connectivity index (χ2v) is 5.94. The molecule has 0 aromatic heterocycles. The molecule has 3 heteroatoms. The van der Waals surface area contributed by atoms with Gasteiger partial charge in [-0.15, -0.1) is 12.4 Å². The topological polar surface area (TPSA) is 0 Å². The van der Waals surface area contributed by atoms with E-state index in [0.717, 1.165) is 0 Å². The Morgan fingerprint density at radius 2 is 1.12 bits per heavy atom. The Labute approximate surface area is 121 Å². The van der Waals surface area contributed by atoms with Crippen LogP contribution >= 0.6 is 20.3 Å². The summed E-state index contributed by atoms with van der Waals surface area (Å²) < 4.78 is 0. The van der Waals surface area contributed by atoms with Crippen LogP contribution in [-0.4, -0.2) is 6.16 Å². The van der Waals surface area contributed by atoms with Crippen LogP contribution in [0.4, 0.5) is 0 Å². The smallest absolute Gasteiger partial charge is 0 e. The van der Waals surface area contributed by atoms with Crippen molar-refractivity contribution < 1.29 is 16.8 Å².